The highest BCUT2D eigenvalue weighted by Crippen LogP contribution is 2.32. The maximum atomic E-state index is 13.2. The SMILES string of the molecule is CCn1c(=O)n(C2CCN(CC(O)Cn3nc(-c4ccc(Cl)c(C)c4)c4c3CCN(C(C)=O)C4)CC2)c2ccccc21. The Morgan fingerprint density at radius 1 is 1.10 bits per heavy atom. The summed E-state index contributed by atoms with van der Waals surface area (Å²) in [6.45, 7) is 9.97. The van der Waals surface area contributed by atoms with Crippen molar-refractivity contribution >= 4 is 28.5 Å². The van der Waals surface area contributed by atoms with E-state index in [1.807, 2.05) is 75.0 Å². The van der Waals surface area contributed by atoms with E-state index in [0.29, 0.717) is 44.2 Å². The Labute approximate surface area is 250 Å². The number of halogens is 1. The van der Waals surface area contributed by atoms with Crippen LogP contribution in [-0.4, -0.2) is 72.0 Å². The molecule has 1 fully saturated rings. The first-order valence-electron chi connectivity index (χ1n) is 15.0. The number of fused-ring (bicyclic) bond motifs is 2. The Balaban J connectivity index is 1.16. The van der Waals surface area contributed by atoms with Crippen LogP contribution < -0.4 is 5.69 Å². The summed E-state index contributed by atoms with van der Waals surface area (Å²) in [7, 11) is 0. The minimum absolute atomic E-state index is 0.0524. The van der Waals surface area contributed by atoms with Crippen LogP contribution in [-0.2, 0) is 30.8 Å². The van der Waals surface area contributed by atoms with Crippen LogP contribution in [0.4, 0.5) is 0 Å². The van der Waals surface area contributed by atoms with Crippen LogP contribution in [0.1, 0.15) is 49.6 Å². The molecule has 0 spiro atoms. The topological polar surface area (TPSA) is 88.5 Å². The average Bonchev–Trinajstić information content (AvgIpc) is 3.48. The molecular weight excluding hydrogens is 552 g/mol. The maximum absolute atomic E-state index is 13.2. The van der Waals surface area contributed by atoms with E-state index in [-0.39, 0.29) is 17.6 Å². The molecule has 1 unspecified atom stereocenters. The molecule has 4 heterocycles. The van der Waals surface area contributed by atoms with E-state index in [2.05, 4.69) is 4.90 Å². The minimum atomic E-state index is -0.596. The van der Waals surface area contributed by atoms with Crippen molar-refractivity contribution < 1.29 is 9.90 Å². The molecule has 10 heteroatoms. The number of carbonyl (C=O) groups is 1. The van der Waals surface area contributed by atoms with Gasteiger partial charge in [0.15, 0.2) is 0 Å². The number of aliphatic hydroxyl groups excluding tert-OH is 1. The quantitative estimate of drug-likeness (QED) is 0.348. The molecule has 0 radical (unpaired) electrons. The first-order valence-corrected chi connectivity index (χ1v) is 15.3. The number of aryl methyl sites for hydroxylation is 2. The van der Waals surface area contributed by atoms with Crippen molar-refractivity contribution in [3.05, 3.63) is 74.8 Å². The molecule has 2 aliphatic rings. The van der Waals surface area contributed by atoms with Crippen LogP contribution in [0.3, 0.4) is 0 Å². The lowest BCUT2D eigenvalue weighted by Crippen LogP contribution is -2.42. The number of piperidine rings is 1. The molecule has 1 N–H and O–H groups in total. The molecule has 2 aromatic heterocycles. The number of likely N-dealkylation sites (tertiary alicyclic amines) is 1. The van der Waals surface area contributed by atoms with E-state index < -0.39 is 6.10 Å². The zero-order chi connectivity index (χ0) is 29.5. The minimum Gasteiger partial charge on any atom is -0.390 e. The highest BCUT2D eigenvalue weighted by Gasteiger charge is 2.29. The average molecular weight is 591 g/mol. The van der Waals surface area contributed by atoms with E-state index in [9.17, 15) is 14.7 Å². The van der Waals surface area contributed by atoms with Crippen LogP contribution in [0.25, 0.3) is 22.3 Å². The number of rotatable bonds is 7. The molecule has 1 atom stereocenters. The molecule has 2 aliphatic heterocycles. The van der Waals surface area contributed by atoms with Crippen molar-refractivity contribution in [3.63, 3.8) is 0 Å². The Morgan fingerprint density at radius 2 is 1.83 bits per heavy atom. The number of amides is 1. The number of aromatic nitrogens is 4. The molecule has 42 heavy (non-hydrogen) atoms. The second-order valence-electron chi connectivity index (χ2n) is 11.7. The zero-order valence-corrected chi connectivity index (χ0v) is 25.3. The van der Waals surface area contributed by atoms with Gasteiger partial charge in [0.2, 0.25) is 5.91 Å². The lowest BCUT2D eigenvalue weighted by atomic mass is 9.99. The van der Waals surface area contributed by atoms with E-state index >= 15 is 0 Å². The number of aliphatic hydroxyl groups is 1. The Kier molecular flexibility index (Phi) is 8.00. The molecular formula is C32H39ClN6O3. The maximum Gasteiger partial charge on any atom is 0.329 e. The largest absolute Gasteiger partial charge is 0.390 e. The predicted molar refractivity (Wildman–Crippen MR) is 165 cm³/mol. The van der Waals surface area contributed by atoms with Gasteiger partial charge in [0, 0.05) is 80.5 Å². The normalized spacial score (nSPS) is 17.1. The Bertz CT molecular complexity index is 1680. The summed E-state index contributed by atoms with van der Waals surface area (Å²) in [4.78, 5) is 29.6. The highest BCUT2D eigenvalue weighted by molar-refractivity contribution is 6.31. The third-order valence-corrected chi connectivity index (χ3v) is 9.39. The van der Waals surface area contributed by atoms with Gasteiger partial charge in [0.25, 0.3) is 0 Å². The van der Waals surface area contributed by atoms with Crippen molar-refractivity contribution in [1.29, 1.82) is 0 Å². The van der Waals surface area contributed by atoms with Crippen LogP contribution >= 0.6 is 11.6 Å². The predicted octanol–water partition coefficient (Wildman–Crippen LogP) is 4.25. The molecule has 0 aliphatic carbocycles. The van der Waals surface area contributed by atoms with E-state index in [4.69, 9.17) is 16.7 Å². The number of imidazole rings is 1. The van der Waals surface area contributed by atoms with E-state index in [1.165, 1.54) is 0 Å². The number of hydrogen-bond acceptors (Lipinski definition) is 5. The first-order chi connectivity index (χ1) is 20.2. The summed E-state index contributed by atoms with van der Waals surface area (Å²) in [6, 6.07) is 14.1. The first kappa shape index (κ1) is 28.7. The summed E-state index contributed by atoms with van der Waals surface area (Å²) >= 11 is 6.29. The molecule has 222 valence electrons. The number of para-hydroxylation sites is 2. The van der Waals surface area contributed by atoms with Gasteiger partial charge in [-0.15, -0.1) is 0 Å². The van der Waals surface area contributed by atoms with Gasteiger partial charge in [-0.05, 0) is 56.5 Å². The van der Waals surface area contributed by atoms with Crippen molar-refractivity contribution in [2.75, 3.05) is 26.2 Å². The fourth-order valence-electron chi connectivity index (χ4n) is 6.74. The molecule has 6 rings (SSSR count). The Hall–Kier alpha value is -3.40. The summed E-state index contributed by atoms with van der Waals surface area (Å²) < 4.78 is 5.78. The Morgan fingerprint density at radius 3 is 2.52 bits per heavy atom. The number of nitrogens with zero attached hydrogens (tertiary/aromatic N) is 6. The van der Waals surface area contributed by atoms with Gasteiger partial charge < -0.3 is 14.9 Å². The van der Waals surface area contributed by atoms with Gasteiger partial charge in [0.1, 0.15) is 0 Å². The van der Waals surface area contributed by atoms with Gasteiger partial charge in [-0.1, -0.05) is 29.8 Å². The van der Waals surface area contributed by atoms with Gasteiger partial charge >= 0.3 is 5.69 Å². The van der Waals surface area contributed by atoms with Gasteiger partial charge in [-0.2, -0.15) is 5.10 Å². The van der Waals surface area contributed by atoms with Gasteiger partial charge in [-0.25, -0.2) is 4.79 Å². The fourth-order valence-corrected chi connectivity index (χ4v) is 6.86. The van der Waals surface area contributed by atoms with Crippen molar-refractivity contribution in [1.82, 2.24) is 28.7 Å². The third kappa shape index (κ3) is 5.29. The second-order valence-corrected chi connectivity index (χ2v) is 12.1. The number of β-amino-alcohol motifs (C(OH)–C–C–N with tert-alkyl or cyclic N) is 1. The molecule has 9 nitrogen and oxygen atoms in total. The van der Waals surface area contributed by atoms with Gasteiger partial charge in [0.05, 0.1) is 29.4 Å². The molecule has 0 bridgehead atoms. The molecule has 1 saturated heterocycles. The van der Waals surface area contributed by atoms with E-state index in [0.717, 1.165) is 65.0 Å². The summed E-state index contributed by atoms with van der Waals surface area (Å²) in [5, 5.41) is 16.9. The van der Waals surface area contributed by atoms with Crippen molar-refractivity contribution in [2.24, 2.45) is 0 Å². The monoisotopic (exact) mass is 590 g/mol. The van der Waals surface area contributed by atoms with Crippen molar-refractivity contribution in [2.45, 2.75) is 71.8 Å². The number of carbonyl (C=O) groups excluding carboxylic acids is 1. The molecule has 4 aromatic rings. The lowest BCUT2D eigenvalue weighted by Gasteiger charge is -2.33. The smallest absolute Gasteiger partial charge is 0.329 e. The van der Waals surface area contributed by atoms with Crippen LogP contribution in [0, 0.1) is 6.92 Å². The summed E-state index contributed by atoms with van der Waals surface area (Å²) in [5.41, 5.74) is 6.97. The standard InChI is InChI=1S/C32H39ClN6O3/c1-4-37-29-7-5-6-8-30(29)39(32(37)42)24-11-14-35(15-12-24)18-25(41)19-38-28-13-16-36(22(3)40)20-26(28)31(34-38)23-9-10-27(33)21(2)17-23/h5-10,17,24-25,41H,4,11-16,18-20H2,1-3H3. The van der Waals surface area contributed by atoms with Crippen LogP contribution in [0.2, 0.25) is 5.02 Å². The zero-order valence-electron chi connectivity index (χ0n) is 24.6. The number of benzene rings is 2. The summed E-state index contributed by atoms with van der Waals surface area (Å²) in [6.07, 6.45) is 1.83. The van der Waals surface area contributed by atoms with Crippen LogP contribution in [0.15, 0.2) is 47.3 Å². The fraction of sp³-hybridized carbons (Fsp3) is 0.469. The molecule has 0 saturated carbocycles. The lowest BCUT2D eigenvalue weighted by molar-refractivity contribution is -0.129. The highest BCUT2D eigenvalue weighted by atomic mass is 35.5. The van der Waals surface area contributed by atoms with E-state index in [1.54, 1.807) is 6.92 Å². The number of hydrogen-bond donors (Lipinski definition) is 1. The van der Waals surface area contributed by atoms with Crippen molar-refractivity contribution in [3.8, 4) is 11.3 Å². The molecule has 2 aromatic carbocycles. The van der Waals surface area contributed by atoms with Crippen LogP contribution in [0.5, 0.6) is 0 Å². The van der Waals surface area contributed by atoms with Gasteiger partial charge in [-0.3, -0.25) is 18.6 Å². The summed E-state index contributed by atoms with van der Waals surface area (Å²) in [5.74, 6) is 0.0524. The third-order valence-electron chi connectivity index (χ3n) is 8.97. The molecule has 1 amide bonds. The second kappa shape index (κ2) is 11.7.